The molecular formula is C21H28ClN5O3. The van der Waals surface area contributed by atoms with Crippen molar-refractivity contribution in [1.29, 1.82) is 0 Å². The fraction of sp³-hybridized carbons (Fsp3) is 0.476. The highest BCUT2D eigenvalue weighted by Gasteiger charge is 2.37. The lowest BCUT2D eigenvalue weighted by Crippen LogP contribution is -2.52. The molecule has 1 aliphatic heterocycles. The van der Waals surface area contributed by atoms with Crippen LogP contribution in [0.5, 0.6) is 0 Å². The van der Waals surface area contributed by atoms with Gasteiger partial charge in [0.1, 0.15) is 12.1 Å². The van der Waals surface area contributed by atoms with Gasteiger partial charge in [-0.15, -0.1) is 0 Å². The van der Waals surface area contributed by atoms with Gasteiger partial charge in [0.2, 0.25) is 0 Å². The summed E-state index contributed by atoms with van der Waals surface area (Å²) in [5, 5.41) is 20.9. The van der Waals surface area contributed by atoms with Crippen molar-refractivity contribution in [3.8, 4) is 0 Å². The van der Waals surface area contributed by atoms with Gasteiger partial charge in [-0.05, 0) is 24.6 Å². The standard InChI is InChI=1S/C21H28ClN5O3/c1-13(2)25-11-21(29,15-4-6-16(22)7-5-15)20(28)24-9-8-23-19-18-14(3)30-10-17(18)26-12-27-19/h4-7,12-14,25,29H,8-11H2,1-3H3,(H,24,28)(H,23,26,27)/t14-,21?/m0/s1. The number of nitrogens with zero attached hydrogens (tertiary/aromatic N) is 2. The molecule has 3 rings (SSSR count). The lowest BCUT2D eigenvalue weighted by molar-refractivity contribution is -0.140. The Hall–Kier alpha value is -2.26. The van der Waals surface area contributed by atoms with Crippen LogP contribution in [-0.4, -0.2) is 46.7 Å². The number of aromatic nitrogens is 2. The van der Waals surface area contributed by atoms with Crippen molar-refractivity contribution in [1.82, 2.24) is 20.6 Å². The second kappa shape index (κ2) is 9.70. The minimum absolute atomic E-state index is 0.0737. The first-order valence-corrected chi connectivity index (χ1v) is 10.4. The topological polar surface area (TPSA) is 108 Å². The van der Waals surface area contributed by atoms with Gasteiger partial charge in [-0.3, -0.25) is 4.79 Å². The maximum Gasteiger partial charge on any atom is 0.258 e. The maximum absolute atomic E-state index is 12.9. The van der Waals surface area contributed by atoms with Crippen molar-refractivity contribution in [2.75, 3.05) is 25.0 Å². The van der Waals surface area contributed by atoms with Crippen LogP contribution < -0.4 is 16.0 Å². The van der Waals surface area contributed by atoms with Gasteiger partial charge in [0.15, 0.2) is 5.60 Å². The second-order valence-electron chi connectivity index (χ2n) is 7.62. The largest absolute Gasteiger partial charge is 0.374 e. The molecule has 0 spiro atoms. The van der Waals surface area contributed by atoms with Crippen molar-refractivity contribution in [2.45, 2.75) is 45.1 Å². The van der Waals surface area contributed by atoms with E-state index in [1.165, 1.54) is 6.33 Å². The SMILES string of the molecule is CC(C)NCC(O)(C(=O)NCCNc1ncnc2c1[C@H](C)OC2)c1ccc(Cl)cc1. The van der Waals surface area contributed by atoms with E-state index in [2.05, 4.69) is 25.9 Å². The van der Waals surface area contributed by atoms with E-state index in [0.29, 0.717) is 36.1 Å². The zero-order valence-corrected chi connectivity index (χ0v) is 18.2. The Labute approximate surface area is 181 Å². The van der Waals surface area contributed by atoms with E-state index in [1.807, 2.05) is 20.8 Å². The van der Waals surface area contributed by atoms with Crippen LogP contribution >= 0.6 is 11.6 Å². The molecule has 0 bridgehead atoms. The first-order chi connectivity index (χ1) is 14.3. The summed E-state index contributed by atoms with van der Waals surface area (Å²) >= 11 is 5.95. The molecule has 0 saturated heterocycles. The molecule has 9 heteroatoms. The molecule has 1 aromatic carbocycles. The predicted molar refractivity (Wildman–Crippen MR) is 115 cm³/mol. The van der Waals surface area contributed by atoms with E-state index in [4.69, 9.17) is 16.3 Å². The van der Waals surface area contributed by atoms with Crippen molar-refractivity contribution in [2.24, 2.45) is 0 Å². The van der Waals surface area contributed by atoms with Crippen LogP contribution in [0.25, 0.3) is 0 Å². The lowest BCUT2D eigenvalue weighted by atomic mass is 9.92. The third-order valence-corrected chi connectivity index (χ3v) is 5.26. The Balaban J connectivity index is 1.62. The number of carbonyl (C=O) groups is 1. The third-order valence-electron chi connectivity index (χ3n) is 5.01. The Morgan fingerprint density at radius 2 is 2.03 bits per heavy atom. The first-order valence-electron chi connectivity index (χ1n) is 10.0. The number of carbonyl (C=O) groups excluding carboxylic acids is 1. The summed E-state index contributed by atoms with van der Waals surface area (Å²) in [6.07, 6.45) is 1.42. The van der Waals surface area contributed by atoms with E-state index in [9.17, 15) is 9.90 Å². The van der Waals surface area contributed by atoms with Crippen LogP contribution in [0, 0.1) is 0 Å². The average molecular weight is 434 g/mol. The Bertz CT molecular complexity index is 877. The van der Waals surface area contributed by atoms with Crippen LogP contribution in [0.1, 0.15) is 43.7 Å². The molecule has 1 aliphatic rings. The van der Waals surface area contributed by atoms with Crippen LogP contribution in [0.15, 0.2) is 30.6 Å². The van der Waals surface area contributed by atoms with Crippen molar-refractivity contribution < 1.29 is 14.6 Å². The molecule has 0 radical (unpaired) electrons. The normalized spacial score (nSPS) is 17.5. The van der Waals surface area contributed by atoms with Gasteiger partial charge >= 0.3 is 0 Å². The Kier molecular flexibility index (Phi) is 7.25. The van der Waals surface area contributed by atoms with Crippen molar-refractivity contribution in [3.05, 3.63) is 52.4 Å². The first kappa shape index (κ1) is 22.4. The van der Waals surface area contributed by atoms with E-state index in [-0.39, 0.29) is 18.7 Å². The Morgan fingerprint density at radius 3 is 2.73 bits per heavy atom. The molecule has 0 aliphatic carbocycles. The molecule has 2 atom stereocenters. The molecule has 1 aromatic heterocycles. The summed E-state index contributed by atoms with van der Waals surface area (Å²) in [5.41, 5.74) is 0.585. The number of halogens is 1. The number of hydrogen-bond donors (Lipinski definition) is 4. The van der Waals surface area contributed by atoms with Gasteiger partial charge in [0.25, 0.3) is 5.91 Å². The zero-order valence-electron chi connectivity index (χ0n) is 17.4. The zero-order chi connectivity index (χ0) is 21.7. The second-order valence-corrected chi connectivity index (χ2v) is 8.06. The summed E-state index contributed by atoms with van der Waals surface area (Å²) < 4.78 is 5.60. The van der Waals surface area contributed by atoms with Crippen molar-refractivity contribution >= 4 is 23.3 Å². The molecule has 162 valence electrons. The minimum Gasteiger partial charge on any atom is -0.374 e. The number of fused-ring (bicyclic) bond motifs is 1. The summed E-state index contributed by atoms with van der Waals surface area (Å²) in [7, 11) is 0. The fourth-order valence-corrected chi connectivity index (χ4v) is 3.42. The van der Waals surface area contributed by atoms with Gasteiger partial charge < -0.3 is 25.8 Å². The van der Waals surface area contributed by atoms with Gasteiger partial charge in [-0.1, -0.05) is 37.6 Å². The molecule has 1 unspecified atom stereocenters. The summed E-state index contributed by atoms with van der Waals surface area (Å²) in [4.78, 5) is 21.4. The molecule has 2 aromatic rings. The number of aliphatic hydroxyl groups is 1. The molecule has 2 heterocycles. The van der Waals surface area contributed by atoms with E-state index in [0.717, 1.165) is 11.3 Å². The third kappa shape index (κ3) is 5.07. The number of ether oxygens (including phenoxy) is 1. The number of rotatable bonds is 9. The van der Waals surface area contributed by atoms with Crippen LogP contribution in [0.3, 0.4) is 0 Å². The fourth-order valence-electron chi connectivity index (χ4n) is 3.30. The number of amides is 1. The highest BCUT2D eigenvalue weighted by molar-refractivity contribution is 6.30. The Morgan fingerprint density at radius 1 is 1.30 bits per heavy atom. The van der Waals surface area contributed by atoms with E-state index < -0.39 is 11.5 Å². The molecule has 4 N–H and O–H groups in total. The molecule has 8 nitrogen and oxygen atoms in total. The predicted octanol–water partition coefficient (Wildman–Crippen LogP) is 2.14. The number of hydrogen-bond acceptors (Lipinski definition) is 7. The van der Waals surface area contributed by atoms with Gasteiger partial charge in [0, 0.05) is 36.3 Å². The molecule has 30 heavy (non-hydrogen) atoms. The number of anilines is 1. The lowest BCUT2D eigenvalue weighted by Gasteiger charge is -2.29. The summed E-state index contributed by atoms with van der Waals surface area (Å²) in [5.74, 6) is 0.220. The van der Waals surface area contributed by atoms with E-state index in [1.54, 1.807) is 24.3 Å². The number of benzene rings is 1. The quantitative estimate of drug-likeness (QED) is 0.448. The van der Waals surface area contributed by atoms with Gasteiger partial charge in [-0.25, -0.2) is 9.97 Å². The monoisotopic (exact) mass is 433 g/mol. The van der Waals surface area contributed by atoms with Crippen LogP contribution in [0.2, 0.25) is 5.02 Å². The smallest absolute Gasteiger partial charge is 0.258 e. The average Bonchev–Trinajstić information content (AvgIpc) is 3.11. The highest BCUT2D eigenvalue weighted by Crippen LogP contribution is 2.32. The molecule has 0 fully saturated rings. The van der Waals surface area contributed by atoms with Gasteiger partial charge in [-0.2, -0.15) is 0 Å². The van der Waals surface area contributed by atoms with Crippen LogP contribution in [-0.2, 0) is 21.7 Å². The summed E-state index contributed by atoms with van der Waals surface area (Å²) in [6, 6.07) is 6.75. The molecule has 0 saturated carbocycles. The molecule has 1 amide bonds. The number of nitrogens with one attached hydrogen (secondary N) is 3. The van der Waals surface area contributed by atoms with Crippen LogP contribution in [0.4, 0.5) is 5.82 Å². The maximum atomic E-state index is 12.9. The summed E-state index contributed by atoms with van der Waals surface area (Å²) in [6.45, 7) is 7.17. The highest BCUT2D eigenvalue weighted by atomic mass is 35.5. The van der Waals surface area contributed by atoms with Gasteiger partial charge in [0.05, 0.1) is 18.4 Å². The van der Waals surface area contributed by atoms with Crippen molar-refractivity contribution in [3.63, 3.8) is 0 Å². The van der Waals surface area contributed by atoms with E-state index >= 15 is 0 Å². The molecular weight excluding hydrogens is 406 g/mol. The minimum atomic E-state index is -1.71.